The van der Waals surface area contributed by atoms with Crippen molar-refractivity contribution < 1.29 is 37.8 Å². The lowest BCUT2D eigenvalue weighted by Crippen LogP contribution is -2.41. The smallest absolute Gasteiger partial charge is 0.323 e. The summed E-state index contributed by atoms with van der Waals surface area (Å²) in [7, 11) is -3.85. The van der Waals surface area contributed by atoms with Gasteiger partial charge in [0.25, 0.3) is 0 Å². The molecule has 0 saturated carbocycles. The fourth-order valence-electron chi connectivity index (χ4n) is 4.44. The summed E-state index contributed by atoms with van der Waals surface area (Å²) in [6.07, 6.45) is 0. The van der Waals surface area contributed by atoms with Crippen molar-refractivity contribution in [3.8, 4) is 0 Å². The topological polar surface area (TPSA) is 148 Å². The highest BCUT2D eigenvalue weighted by Gasteiger charge is 2.31. The van der Waals surface area contributed by atoms with Gasteiger partial charge >= 0.3 is 11.9 Å². The maximum Gasteiger partial charge on any atom is 0.323 e. The second-order valence-corrected chi connectivity index (χ2v) is 11.1. The molecule has 12 heteroatoms. The lowest BCUT2D eigenvalue weighted by Gasteiger charge is -2.26. The maximum absolute atomic E-state index is 13.2. The molecule has 4 rings (SSSR count). The van der Waals surface area contributed by atoms with Gasteiger partial charge in [0.15, 0.2) is 5.78 Å². The summed E-state index contributed by atoms with van der Waals surface area (Å²) >= 11 is 0. The number of aromatic nitrogens is 2. The first kappa shape index (κ1) is 29.8. The van der Waals surface area contributed by atoms with Crippen LogP contribution in [-0.2, 0) is 37.4 Å². The highest BCUT2D eigenvalue weighted by Crippen LogP contribution is 2.26. The molecule has 1 saturated heterocycles. The minimum atomic E-state index is -3.85. The van der Waals surface area contributed by atoms with Gasteiger partial charge in [-0.15, -0.1) is 0 Å². The van der Waals surface area contributed by atoms with Crippen LogP contribution in [0.3, 0.4) is 0 Å². The van der Waals surface area contributed by atoms with Crippen molar-refractivity contribution in [1.29, 1.82) is 0 Å². The SMILES string of the molecule is Cc1cc(C(=O)c2ccccc2S(=O)(=O)N2CCOCC2)c(C)n1CC(=O)O.Cc1ccc(C)n1CC(=O)O. The molecule has 210 valence electrons. The molecule has 1 aliphatic heterocycles. The second kappa shape index (κ2) is 12.4. The van der Waals surface area contributed by atoms with Crippen LogP contribution in [0, 0.1) is 27.7 Å². The third-order valence-corrected chi connectivity index (χ3v) is 8.50. The number of carbonyl (C=O) groups is 3. The van der Waals surface area contributed by atoms with Crippen LogP contribution in [0.1, 0.15) is 38.7 Å². The molecular weight excluding hydrogens is 526 g/mol. The summed E-state index contributed by atoms with van der Waals surface area (Å²) in [6.45, 7) is 8.05. The van der Waals surface area contributed by atoms with Gasteiger partial charge in [0.1, 0.15) is 13.1 Å². The first-order chi connectivity index (χ1) is 18.3. The van der Waals surface area contributed by atoms with Crippen molar-refractivity contribution >= 4 is 27.7 Å². The molecule has 0 bridgehead atoms. The Hall–Kier alpha value is -3.74. The largest absolute Gasteiger partial charge is 0.480 e. The molecule has 0 radical (unpaired) electrons. The number of aryl methyl sites for hydroxylation is 3. The lowest BCUT2D eigenvalue weighted by molar-refractivity contribution is -0.138. The zero-order valence-corrected chi connectivity index (χ0v) is 23.2. The highest BCUT2D eigenvalue weighted by atomic mass is 32.2. The van der Waals surface area contributed by atoms with Crippen molar-refractivity contribution in [2.45, 2.75) is 45.7 Å². The Bertz CT molecular complexity index is 1460. The molecule has 3 aromatic rings. The number of ketones is 1. The minimum Gasteiger partial charge on any atom is -0.480 e. The van der Waals surface area contributed by atoms with E-state index in [1.54, 1.807) is 36.6 Å². The molecule has 11 nitrogen and oxygen atoms in total. The number of hydrogen-bond acceptors (Lipinski definition) is 6. The molecule has 0 unspecified atom stereocenters. The van der Waals surface area contributed by atoms with Crippen LogP contribution in [0.25, 0.3) is 0 Å². The molecule has 3 heterocycles. The normalized spacial score (nSPS) is 13.9. The summed E-state index contributed by atoms with van der Waals surface area (Å²) in [6, 6.07) is 11.5. The van der Waals surface area contributed by atoms with E-state index in [0.717, 1.165) is 11.4 Å². The van der Waals surface area contributed by atoms with Crippen molar-refractivity contribution in [3.05, 3.63) is 76.4 Å². The molecular formula is C27H33N3O8S. The number of ether oxygens (including phenoxy) is 1. The maximum atomic E-state index is 13.2. The van der Waals surface area contributed by atoms with Gasteiger partial charge < -0.3 is 24.1 Å². The van der Waals surface area contributed by atoms with Gasteiger partial charge in [-0.3, -0.25) is 14.4 Å². The predicted molar refractivity (Wildman–Crippen MR) is 143 cm³/mol. The fourth-order valence-corrected chi connectivity index (χ4v) is 6.04. The van der Waals surface area contributed by atoms with E-state index in [0.29, 0.717) is 30.2 Å². The highest BCUT2D eigenvalue weighted by molar-refractivity contribution is 7.89. The van der Waals surface area contributed by atoms with E-state index in [4.69, 9.17) is 14.9 Å². The molecule has 1 aromatic carbocycles. The fraction of sp³-hybridized carbons (Fsp3) is 0.370. The number of carbonyl (C=O) groups excluding carboxylic acids is 1. The quantitative estimate of drug-likeness (QED) is 0.400. The number of hydrogen-bond donors (Lipinski definition) is 2. The van der Waals surface area contributed by atoms with Crippen LogP contribution in [0.2, 0.25) is 0 Å². The Morgan fingerprint density at radius 2 is 1.33 bits per heavy atom. The van der Waals surface area contributed by atoms with Crippen molar-refractivity contribution in [2.24, 2.45) is 0 Å². The van der Waals surface area contributed by atoms with Crippen LogP contribution < -0.4 is 0 Å². The van der Waals surface area contributed by atoms with E-state index in [1.807, 2.05) is 26.0 Å². The Labute approximate surface area is 227 Å². The van der Waals surface area contributed by atoms with E-state index >= 15 is 0 Å². The minimum absolute atomic E-state index is 0.0510. The zero-order valence-electron chi connectivity index (χ0n) is 22.4. The van der Waals surface area contributed by atoms with Gasteiger partial charge in [-0.25, -0.2) is 8.42 Å². The van der Waals surface area contributed by atoms with Gasteiger partial charge in [-0.05, 0) is 58.0 Å². The monoisotopic (exact) mass is 559 g/mol. The van der Waals surface area contributed by atoms with E-state index in [-0.39, 0.29) is 36.6 Å². The number of rotatable bonds is 8. The molecule has 2 aromatic heterocycles. The first-order valence-corrected chi connectivity index (χ1v) is 13.7. The molecule has 39 heavy (non-hydrogen) atoms. The number of carboxylic acid groups (broad SMARTS) is 2. The summed E-state index contributed by atoms with van der Waals surface area (Å²) in [5, 5.41) is 17.6. The van der Waals surface area contributed by atoms with E-state index in [9.17, 15) is 22.8 Å². The van der Waals surface area contributed by atoms with Crippen molar-refractivity contribution in [1.82, 2.24) is 13.4 Å². The molecule has 2 N–H and O–H groups in total. The van der Waals surface area contributed by atoms with Crippen LogP contribution >= 0.6 is 0 Å². The second-order valence-electron chi connectivity index (χ2n) is 9.20. The Balaban J connectivity index is 0.000000320. The van der Waals surface area contributed by atoms with Crippen molar-refractivity contribution in [2.75, 3.05) is 26.3 Å². The summed E-state index contributed by atoms with van der Waals surface area (Å²) in [4.78, 5) is 34.6. The van der Waals surface area contributed by atoms with E-state index in [1.165, 1.54) is 21.0 Å². The molecule has 0 atom stereocenters. The zero-order chi connectivity index (χ0) is 28.9. The molecule has 0 amide bonds. The predicted octanol–water partition coefficient (Wildman–Crippen LogP) is 2.63. The van der Waals surface area contributed by atoms with Crippen LogP contribution in [0.4, 0.5) is 0 Å². The lowest BCUT2D eigenvalue weighted by atomic mass is 10.0. The van der Waals surface area contributed by atoms with Gasteiger partial charge in [0, 0.05) is 47.0 Å². The van der Waals surface area contributed by atoms with Crippen LogP contribution in [-0.4, -0.2) is 76.1 Å². The molecule has 1 aliphatic rings. The van der Waals surface area contributed by atoms with Crippen molar-refractivity contribution in [3.63, 3.8) is 0 Å². The summed E-state index contributed by atoms with van der Waals surface area (Å²) < 4.78 is 36.0. The number of morpholine rings is 1. The third-order valence-electron chi connectivity index (χ3n) is 6.54. The van der Waals surface area contributed by atoms with Gasteiger partial charge in [0.05, 0.1) is 18.1 Å². The number of carboxylic acids is 2. The Morgan fingerprint density at radius 3 is 1.90 bits per heavy atom. The Kier molecular flexibility index (Phi) is 9.49. The van der Waals surface area contributed by atoms with E-state index < -0.39 is 27.7 Å². The summed E-state index contributed by atoms with van der Waals surface area (Å²) in [5.41, 5.74) is 3.46. The van der Waals surface area contributed by atoms with Gasteiger partial charge in [-0.1, -0.05) is 12.1 Å². The van der Waals surface area contributed by atoms with Gasteiger partial charge in [0.2, 0.25) is 10.0 Å². The first-order valence-electron chi connectivity index (χ1n) is 12.3. The van der Waals surface area contributed by atoms with Gasteiger partial charge in [-0.2, -0.15) is 4.31 Å². The van der Waals surface area contributed by atoms with E-state index in [2.05, 4.69) is 0 Å². The molecule has 1 fully saturated rings. The molecule has 0 aliphatic carbocycles. The average molecular weight is 560 g/mol. The number of sulfonamides is 1. The Morgan fingerprint density at radius 1 is 0.795 bits per heavy atom. The number of nitrogens with zero attached hydrogens (tertiary/aromatic N) is 3. The summed E-state index contributed by atoms with van der Waals surface area (Å²) in [5.74, 6) is -2.26. The third kappa shape index (κ3) is 6.83. The standard InChI is InChI=1S/C19H22N2O6S.C8H11NO2/c1-13-11-16(14(2)21(13)12-18(22)23)19(24)15-5-3-4-6-17(15)28(25,26)20-7-9-27-10-8-20;1-6-3-4-7(2)9(6)5-8(10)11/h3-6,11H,7-10,12H2,1-2H3,(H,22,23);3-4H,5H2,1-2H3,(H,10,11). The van der Waals surface area contributed by atoms with Crippen LogP contribution in [0.5, 0.6) is 0 Å². The van der Waals surface area contributed by atoms with Crippen LogP contribution in [0.15, 0.2) is 47.4 Å². The number of benzene rings is 1. The number of aliphatic carboxylic acids is 2. The average Bonchev–Trinajstić information content (AvgIpc) is 3.36. The molecule has 0 spiro atoms.